The molecule has 1 saturated heterocycles. The van der Waals surface area contributed by atoms with E-state index in [1.165, 1.54) is 28.9 Å². The fourth-order valence-electron chi connectivity index (χ4n) is 3.82. The van der Waals surface area contributed by atoms with E-state index in [1.54, 1.807) is 18.2 Å². The molecule has 1 fully saturated rings. The molecule has 2 aliphatic heterocycles. The van der Waals surface area contributed by atoms with Gasteiger partial charge in [-0.1, -0.05) is 6.08 Å². The number of cyclic esters (lactones) is 1. The lowest BCUT2D eigenvalue weighted by Gasteiger charge is -2.26. The third-order valence-corrected chi connectivity index (χ3v) is 5.54. The van der Waals surface area contributed by atoms with Crippen LogP contribution in [0, 0.1) is 15.9 Å². The summed E-state index contributed by atoms with van der Waals surface area (Å²) in [7, 11) is 0. The summed E-state index contributed by atoms with van der Waals surface area (Å²) in [4.78, 5) is 48.5. The van der Waals surface area contributed by atoms with Crippen molar-refractivity contribution in [3.63, 3.8) is 0 Å². The Labute approximate surface area is 192 Å². The van der Waals surface area contributed by atoms with Gasteiger partial charge in [-0.15, -0.1) is 0 Å². The van der Waals surface area contributed by atoms with Crippen LogP contribution in [0.2, 0.25) is 0 Å². The van der Waals surface area contributed by atoms with Crippen molar-refractivity contribution in [3.8, 4) is 0 Å². The highest BCUT2D eigenvalue weighted by atomic mass is 19.1. The number of nitrogens with one attached hydrogen (secondary N) is 1. The number of anilines is 1. The Morgan fingerprint density at radius 2 is 2.09 bits per heavy atom. The molecule has 1 aromatic carbocycles. The van der Waals surface area contributed by atoms with Crippen LogP contribution in [0.4, 0.5) is 20.8 Å². The summed E-state index contributed by atoms with van der Waals surface area (Å²) in [5.41, 5.74) is 1.39. The summed E-state index contributed by atoms with van der Waals surface area (Å²) in [6.07, 6.45) is 0.936. The van der Waals surface area contributed by atoms with Crippen molar-refractivity contribution in [1.82, 2.24) is 10.2 Å². The summed E-state index contributed by atoms with van der Waals surface area (Å²) < 4.78 is 25.1. The molecule has 1 N–H and O–H groups in total. The number of hydrogen-bond acceptors (Lipinski definition) is 7. The highest BCUT2D eigenvalue weighted by molar-refractivity contribution is 5.92. The van der Waals surface area contributed by atoms with Crippen molar-refractivity contribution >= 4 is 35.1 Å². The molecule has 4 rings (SSSR count). The zero-order valence-electron chi connectivity index (χ0n) is 18.2. The van der Waals surface area contributed by atoms with Crippen molar-refractivity contribution in [2.75, 3.05) is 31.1 Å². The number of amides is 3. The van der Waals surface area contributed by atoms with E-state index in [0.717, 1.165) is 6.07 Å². The lowest BCUT2D eigenvalue weighted by atomic mass is 9.98. The minimum absolute atomic E-state index is 0.131. The van der Waals surface area contributed by atoms with E-state index in [4.69, 9.17) is 9.15 Å². The van der Waals surface area contributed by atoms with Crippen molar-refractivity contribution in [3.05, 3.63) is 63.7 Å². The lowest BCUT2D eigenvalue weighted by molar-refractivity contribution is -0.402. The van der Waals surface area contributed by atoms with Crippen molar-refractivity contribution in [1.29, 1.82) is 0 Å². The number of nitro groups is 1. The zero-order valence-corrected chi connectivity index (χ0v) is 18.2. The van der Waals surface area contributed by atoms with Crippen LogP contribution >= 0.6 is 0 Å². The summed E-state index contributed by atoms with van der Waals surface area (Å²) in [6.45, 7) is 2.19. The number of furan rings is 1. The molecular formula is C22H21FN4O7. The number of carbonyl (C=O) groups excluding carboxylic acids is 3. The SMILES string of the molecule is CC(=O)NC[C@H]1CN(c2ccc(C3=CCN(C(=O)c4ccc([N+](=O)[O-])o4)CC3)c(F)c2)C(=O)O1. The van der Waals surface area contributed by atoms with Gasteiger partial charge < -0.3 is 19.4 Å². The summed E-state index contributed by atoms with van der Waals surface area (Å²) in [6, 6.07) is 6.80. The topological polar surface area (TPSA) is 135 Å². The molecule has 3 heterocycles. The van der Waals surface area contributed by atoms with E-state index in [0.29, 0.717) is 23.2 Å². The molecule has 0 aliphatic carbocycles. The van der Waals surface area contributed by atoms with Crippen LogP contribution < -0.4 is 10.2 Å². The van der Waals surface area contributed by atoms with Crippen LogP contribution in [0.5, 0.6) is 0 Å². The minimum atomic E-state index is -0.720. The van der Waals surface area contributed by atoms with Gasteiger partial charge in [-0.2, -0.15) is 0 Å². The highest BCUT2D eigenvalue weighted by Crippen LogP contribution is 2.30. The normalized spacial score (nSPS) is 17.9. The largest absolute Gasteiger partial charge is 0.442 e. The van der Waals surface area contributed by atoms with E-state index >= 15 is 0 Å². The number of rotatable bonds is 6. The van der Waals surface area contributed by atoms with Gasteiger partial charge in [-0.3, -0.25) is 24.6 Å². The molecular weight excluding hydrogens is 451 g/mol. The standard InChI is InChI=1S/C22H21FN4O7/c1-13(28)24-11-16-12-26(22(30)33-16)15-2-3-17(18(23)10-15)14-6-8-25(9-7-14)21(29)19-4-5-20(34-19)27(31)32/h2-6,10,16H,7-9,11-12H2,1H3,(H,24,28)/t16-/m0/s1. The quantitative estimate of drug-likeness (QED) is 0.504. The maximum atomic E-state index is 14.9. The molecule has 1 aromatic heterocycles. The second kappa shape index (κ2) is 9.33. The molecule has 34 heavy (non-hydrogen) atoms. The van der Waals surface area contributed by atoms with Crippen LogP contribution in [-0.4, -0.2) is 60.0 Å². The predicted octanol–water partition coefficient (Wildman–Crippen LogP) is 2.72. The highest BCUT2D eigenvalue weighted by Gasteiger charge is 2.33. The molecule has 2 aliphatic rings. The van der Waals surface area contributed by atoms with Gasteiger partial charge in [0.15, 0.2) is 5.76 Å². The lowest BCUT2D eigenvalue weighted by Crippen LogP contribution is -2.34. The number of hydrogen-bond donors (Lipinski definition) is 1. The van der Waals surface area contributed by atoms with Gasteiger partial charge in [0, 0.05) is 25.6 Å². The molecule has 0 saturated carbocycles. The van der Waals surface area contributed by atoms with Gasteiger partial charge in [0.25, 0.3) is 5.91 Å². The smallest absolute Gasteiger partial charge is 0.433 e. The molecule has 1 atom stereocenters. The van der Waals surface area contributed by atoms with Gasteiger partial charge in [-0.25, -0.2) is 9.18 Å². The van der Waals surface area contributed by atoms with Gasteiger partial charge in [0.2, 0.25) is 5.91 Å². The number of benzene rings is 1. The summed E-state index contributed by atoms with van der Waals surface area (Å²) >= 11 is 0. The number of ether oxygens (including phenoxy) is 1. The van der Waals surface area contributed by atoms with E-state index in [2.05, 4.69) is 5.32 Å². The first-order valence-corrected chi connectivity index (χ1v) is 10.5. The number of halogens is 1. The molecule has 11 nitrogen and oxygen atoms in total. The van der Waals surface area contributed by atoms with Crippen molar-refractivity contribution < 1.29 is 32.9 Å². The number of nitrogens with zero attached hydrogens (tertiary/aromatic N) is 3. The Bertz CT molecular complexity index is 1190. The predicted molar refractivity (Wildman–Crippen MR) is 117 cm³/mol. The molecule has 0 spiro atoms. The maximum absolute atomic E-state index is 14.9. The molecule has 0 unspecified atom stereocenters. The molecule has 3 amide bonds. The minimum Gasteiger partial charge on any atom is -0.442 e. The Kier molecular flexibility index (Phi) is 6.30. The summed E-state index contributed by atoms with van der Waals surface area (Å²) in [5.74, 6) is -1.89. The van der Waals surface area contributed by atoms with Gasteiger partial charge in [-0.05, 0) is 36.3 Å². The van der Waals surface area contributed by atoms with Crippen LogP contribution in [-0.2, 0) is 9.53 Å². The summed E-state index contributed by atoms with van der Waals surface area (Å²) in [5, 5.41) is 13.3. The van der Waals surface area contributed by atoms with Crippen molar-refractivity contribution in [2.24, 2.45) is 0 Å². The third-order valence-electron chi connectivity index (χ3n) is 5.54. The zero-order chi connectivity index (χ0) is 24.4. The first kappa shape index (κ1) is 23.0. The molecule has 0 radical (unpaired) electrons. The second-order valence-corrected chi connectivity index (χ2v) is 7.84. The Hall–Kier alpha value is -4.22. The maximum Gasteiger partial charge on any atom is 0.433 e. The third kappa shape index (κ3) is 4.75. The van der Waals surface area contributed by atoms with Crippen LogP contribution in [0.3, 0.4) is 0 Å². The van der Waals surface area contributed by atoms with Gasteiger partial charge >= 0.3 is 12.0 Å². The fourth-order valence-corrected chi connectivity index (χ4v) is 3.82. The monoisotopic (exact) mass is 472 g/mol. The Morgan fingerprint density at radius 1 is 1.29 bits per heavy atom. The second-order valence-electron chi connectivity index (χ2n) is 7.84. The molecule has 0 bridgehead atoms. The average molecular weight is 472 g/mol. The average Bonchev–Trinajstić information content (AvgIpc) is 3.44. The van der Waals surface area contributed by atoms with E-state index < -0.39 is 34.7 Å². The van der Waals surface area contributed by atoms with Gasteiger partial charge in [0.1, 0.15) is 16.8 Å². The molecule has 12 heteroatoms. The number of carbonyl (C=O) groups is 3. The van der Waals surface area contributed by atoms with Crippen LogP contribution in [0.25, 0.3) is 5.57 Å². The van der Waals surface area contributed by atoms with E-state index in [1.807, 2.05) is 0 Å². The van der Waals surface area contributed by atoms with E-state index in [9.17, 15) is 28.9 Å². The van der Waals surface area contributed by atoms with Crippen LogP contribution in [0.15, 0.2) is 40.8 Å². The molecule has 2 aromatic rings. The van der Waals surface area contributed by atoms with E-state index in [-0.39, 0.29) is 37.8 Å². The van der Waals surface area contributed by atoms with Gasteiger partial charge in [0.05, 0.1) is 24.8 Å². The molecule has 178 valence electrons. The fraction of sp³-hybridized carbons (Fsp3) is 0.318. The van der Waals surface area contributed by atoms with Crippen LogP contribution in [0.1, 0.15) is 29.5 Å². The Balaban J connectivity index is 1.42. The first-order chi connectivity index (χ1) is 16.2. The Morgan fingerprint density at radius 3 is 2.71 bits per heavy atom. The first-order valence-electron chi connectivity index (χ1n) is 10.5. The van der Waals surface area contributed by atoms with Crippen molar-refractivity contribution in [2.45, 2.75) is 19.4 Å².